The molecule has 3 aromatic rings. The van der Waals surface area contributed by atoms with Crippen molar-refractivity contribution in [3.05, 3.63) is 66.1 Å². The highest BCUT2D eigenvalue weighted by Crippen LogP contribution is 2.05. The minimum absolute atomic E-state index is 0.664. The number of guanidine groups is 1. The number of nitrogens with zero attached hydrogens (tertiary/aromatic N) is 5. The molecule has 6 heteroatoms. The van der Waals surface area contributed by atoms with Crippen LogP contribution in [0.5, 0.6) is 0 Å². The van der Waals surface area contributed by atoms with Gasteiger partial charge in [0.25, 0.3) is 0 Å². The molecular weight excluding hydrogens is 312 g/mol. The average Bonchev–Trinajstić information content (AvgIpc) is 3.05. The number of aliphatic imine (C=N–C) groups is 1. The molecule has 6 nitrogen and oxygen atoms in total. The highest BCUT2D eigenvalue weighted by atomic mass is 15.3. The lowest BCUT2D eigenvalue weighted by Crippen LogP contribution is -2.38. The van der Waals surface area contributed by atoms with Gasteiger partial charge in [0, 0.05) is 39.3 Å². The second-order valence-electron chi connectivity index (χ2n) is 5.87. The van der Waals surface area contributed by atoms with E-state index in [-0.39, 0.29) is 0 Å². The first-order valence-corrected chi connectivity index (χ1v) is 8.60. The van der Waals surface area contributed by atoms with Crippen molar-refractivity contribution in [1.82, 2.24) is 24.8 Å². The zero-order valence-corrected chi connectivity index (χ0v) is 14.8. The number of benzene rings is 1. The van der Waals surface area contributed by atoms with Gasteiger partial charge in [0.05, 0.1) is 0 Å². The van der Waals surface area contributed by atoms with Gasteiger partial charge in [-0.25, -0.2) is 0 Å². The minimum Gasteiger partial charge on any atom is -0.357 e. The molecule has 0 amide bonds. The molecule has 2 heterocycles. The van der Waals surface area contributed by atoms with Crippen LogP contribution >= 0.6 is 0 Å². The normalized spacial score (nSPS) is 11.7. The van der Waals surface area contributed by atoms with Crippen molar-refractivity contribution in [1.29, 1.82) is 0 Å². The molecule has 0 aliphatic rings. The second kappa shape index (κ2) is 8.28. The summed E-state index contributed by atoms with van der Waals surface area (Å²) in [4.78, 5) is 6.88. The molecule has 0 aliphatic carbocycles. The largest absolute Gasteiger partial charge is 0.357 e. The molecular formula is C19H24N6. The third-order valence-corrected chi connectivity index (χ3v) is 3.94. The van der Waals surface area contributed by atoms with Gasteiger partial charge in [-0.05, 0) is 24.6 Å². The smallest absolute Gasteiger partial charge is 0.193 e. The predicted molar refractivity (Wildman–Crippen MR) is 101 cm³/mol. The number of hydrogen-bond acceptors (Lipinski definition) is 3. The van der Waals surface area contributed by atoms with Crippen LogP contribution in [0.25, 0.3) is 5.65 Å². The Balaban J connectivity index is 1.65. The van der Waals surface area contributed by atoms with E-state index in [0.29, 0.717) is 6.54 Å². The molecule has 0 aliphatic heterocycles. The van der Waals surface area contributed by atoms with E-state index in [9.17, 15) is 0 Å². The van der Waals surface area contributed by atoms with E-state index < -0.39 is 0 Å². The van der Waals surface area contributed by atoms with Gasteiger partial charge in [0.15, 0.2) is 11.6 Å². The van der Waals surface area contributed by atoms with Gasteiger partial charge < -0.3 is 10.2 Å². The van der Waals surface area contributed by atoms with Gasteiger partial charge in [0.1, 0.15) is 5.82 Å². The molecule has 0 saturated carbocycles. The number of rotatable bonds is 6. The van der Waals surface area contributed by atoms with Crippen LogP contribution in [0.1, 0.15) is 18.3 Å². The van der Waals surface area contributed by atoms with Gasteiger partial charge >= 0.3 is 0 Å². The van der Waals surface area contributed by atoms with E-state index in [1.54, 1.807) is 0 Å². The Morgan fingerprint density at radius 1 is 1.12 bits per heavy atom. The maximum absolute atomic E-state index is 4.74. The summed E-state index contributed by atoms with van der Waals surface area (Å²) in [7, 11) is 2.06. The van der Waals surface area contributed by atoms with Crippen molar-refractivity contribution in [2.24, 2.45) is 4.99 Å². The van der Waals surface area contributed by atoms with E-state index in [0.717, 1.165) is 36.9 Å². The standard InChI is InChI=1S/C19H24N6/c1-3-20-19(24(2)15-16-9-5-4-6-10-16)21-13-12-18-23-22-17-11-7-8-14-25(17)18/h4-11,14H,3,12-13,15H2,1-2H3,(H,20,21). The summed E-state index contributed by atoms with van der Waals surface area (Å²) < 4.78 is 2.01. The molecule has 3 rings (SSSR count). The molecule has 1 N–H and O–H groups in total. The summed E-state index contributed by atoms with van der Waals surface area (Å²) in [6, 6.07) is 16.3. The lowest BCUT2D eigenvalue weighted by atomic mass is 10.2. The summed E-state index contributed by atoms with van der Waals surface area (Å²) in [5.41, 5.74) is 2.13. The Kier molecular flexibility index (Phi) is 5.61. The quantitative estimate of drug-likeness (QED) is 0.555. The Hall–Kier alpha value is -2.89. The van der Waals surface area contributed by atoms with E-state index >= 15 is 0 Å². The summed E-state index contributed by atoms with van der Waals surface area (Å²) in [6.45, 7) is 4.40. The molecule has 2 aromatic heterocycles. The van der Waals surface area contributed by atoms with E-state index in [4.69, 9.17) is 4.99 Å². The van der Waals surface area contributed by atoms with Gasteiger partial charge in [0.2, 0.25) is 0 Å². The Morgan fingerprint density at radius 3 is 2.72 bits per heavy atom. The van der Waals surface area contributed by atoms with Crippen LogP contribution in [-0.2, 0) is 13.0 Å². The van der Waals surface area contributed by atoms with E-state index in [1.165, 1.54) is 5.56 Å². The third-order valence-electron chi connectivity index (χ3n) is 3.94. The average molecular weight is 336 g/mol. The highest BCUT2D eigenvalue weighted by molar-refractivity contribution is 5.79. The number of fused-ring (bicyclic) bond motifs is 1. The van der Waals surface area contributed by atoms with Crippen molar-refractivity contribution in [3.8, 4) is 0 Å². The van der Waals surface area contributed by atoms with E-state index in [2.05, 4.69) is 58.7 Å². The Labute approximate surface area is 148 Å². The number of nitrogens with one attached hydrogen (secondary N) is 1. The first-order chi connectivity index (χ1) is 12.3. The Morgan fingerprint density at radius 2 is 1.92 bits per heavy atom. The van der Waals surface area contributed by atoms with Crippen molar-refractivity contribution in [2.75, 3.05) is 20.1 Å². The predicted octanol–water partition coefficient (Wildman–Crippen LogP) is 2.37. The molecule has 1 aromatic carbocycles. The minimum atomic E-state index is 0.664. The van der Waals surface area contributed by atoms with Crippen molar-refractivity contribution in [3.63, 3.8) is 0 Å². The lowest BCUT2D eigenvalue weighted by Gasteiger charge is -2.22. The lowest BCUT2D eigenvalue weighted by molar-refractivity contribution is 0.477. The van der Waals surface area contributed by atoms with E-state index in [1.807, 2.05) is 34.9 Å². The van der Waals surface area contributed by atoms with Crippen molar-refractivity contribution < 1.29 is 0 Å². The zero-order valence-electron chi connectivity index (χ0n) is 14.8. The fraction of sp³-hybridized carbons (Fsp3) is 0.316. The molecule has 0 spiro atoms. The summed E-state index contributed by atoms with van der Waals surface area (Å²) in [6.07, 6.45) is 2.74. The molecule has 0 bridgehead atoms. The topological polar surface area (TPSA) is 57.8 Å². The van der Waals surface area contributed by atoms with Crippen LogP contribution in [0.15, 0.2) is 59.7 Å². The van der Waals surface area contributed by atoms with Crippen LogP contribution in [0.2, 0.25) is 0 Å². The van der Waals surface area contributed by atoms with Crippen LogP contribution in [-0.4, -0.2) is 45.6 Å². The van der Waals surface area contributed by atoms with Gasteiger partial charge in [-0.2, -0.15) is 0 Å². The SMILES string of the molecule is CCNC(=NCCc1nnc2ccccn12)N(C)Cc1ccccc1. The summed E-state index contributed by atoms with van der Waals surface area (Å²) in [5.74, 6) is 1.83. The summed E-state index contributed by atoms with van der Waals surface area (Å²) >= 11 is 0. The summed E-state index contributed by atoms with van der Waals surface area (Å²) in [5, 5.41) is 11.8. The van der Waals surface area contributed by atoms with Gasteiger partial charge in [-0.1, -0.05) is 36.4 Å². The molecule has 0 atom stereocenters. The first kappa shape index (κ1) is 17.0. The highest BCUT2D eigenvalue weighted by Gasteiger charge is 2.07. The molecule has 0 radical (unpaired) electrons. The van der Waals surface area contributed by atoms with Crippen LogP contribution in [0, 0.1) is 0 Å². The van der Waals surface area contributed by atoms with Gasteiger partial charge in [-0.3, -0.25) is 9.39 Å². The fourth-order valence-corrected chi connectivity index (χ4v) is 2.73. The first-order valence-electron chi connectivity index (χ1n) is 8.60. The number of pyridine rings is 1. The Bertz CT molecular complexity index is 824. The second-order valence-corrected chi connectivity index (χ2v) is 5.87. The number of hydrogen-bond donors (Lipinski definition) is 1. The third kappa shape index (κ3) is 4.35. The van der Waals surface area contributed by atoms with Crippen molar-refractivity contribution in [2.45, 2.75) is 19.9 Å². The van der Waals surface area contributed by atoms with Crippen LogP contribution in [0.3, 0.4) is 0 Å². The molecule has 0 unspecified atom stereocenters. The monoisotopic (exact) mass is 336 g/mol. The molecule has 130 valence electrons. The maximum Gasteiger partial charge on any atom is 0.193 e. The molecule has 25 heavy (non-hydrogen) atoms. The van der Waals surface area contributed by atoms with Crippen molar-refractivity contribution >= 4 is 11.6 Å². The van der Waals surface area contributed by atoms with Crippen LogP contribution < -0.4 is 5.32 Å². The fourth-order valence-electron chi connectivity index (χ4n) is 2.73. The molecule has 0 saturated heterocycles. The van der Waals surface area contributed by atoms with Gasteiger partial charge in [-0.15, -0.1) is 10.2 Å². The number of aromatic nitrogens is 3. The van der Waals surface area contributed by atoms with Crippen LogP contribution in [0.4, 0.5) is 0 Å². The maximum atomic E-state index is 4.74. The molecule has 0 fully saturated rings. The zero-order chi connectivity index (χ0) is 17.5.